The van der Waals surface area contributed by atoms with Gasteiger partial charge in [0.05, 0.1) is 18.4 Å². The Hall–Kier alpha value is -4.46. The van der Waals surface area contributed by atoms with Gasteiger partial charge in [0, 0.05) is 30.9 Å². The number of benzene rings is 1. The largest absolute Gasteiger partial charge is 0.416 e. The molecule has 5 rings (SSSR count). The topological polar surface area (TPSA) is 126 Å². The van der Waals surface area contributed by atoms with Gasteiger partial charge < -0.3 is 15.5 Å². The third-order valence-corrected chi connectivity index (χ3v) is 7.39. The van der Waals surface area contributed by atoms with Gasteiger partial charge in [-0.3, -0.25) is 14.6 Å². The van der Waals surface area contributed by atoms with E-state index in [0.29, 0.717) is 23.2 Å². The maximum atomic E-state index is 12.9. The van der Waals surface area contributed by atoms with Gasteiger partial charge in [-0.25, -0.2) is 0 Å². The van der Waals surface area contributed by atoms with E-state index in [4.69, 9.17) is 0 Å². The number of anilines is 3. The van der Waals surface area contributed by atoms with Crippen LogP contribution in [0, 0.1) is 0 Å². The predicted molar refractivity (Wildman–Crippen MR) is 146 cm³/mol. The SMILES string of the molecule is O=C(Cc1cccc(C(F)(F)F)c1)Nc1ccc(N2CCCC(c3nnc(NC(=O)Cc4ccccn4)s3)C2)nn1. The fraction of sp³-hybridized carbons (Fsp3) is 0.296. The summed E-state index contributed by atoms with van der Waals surface area (Å²) in [6.07, 6.45) is -1.12. The Morgan fingerprint density at radius 3 is 2.56 bits per heavy atom. The summed E-state index contributed by atoms with van der Waals surface area (Å²) in [5, 5.41) is 23.4. The first-order valence-corrected chi connectivity index (χ1v) is 13.6. The summed E-state index contributed by atoms with van der Waals surface area (Å²) in [7, 11) is 0. The van der Waals surface area contributed by atoms with Gasteiger partial charge in [-0.05, 0) is 48.7 Å². The molecule has 10 nitrogen and oxygen atoms in total. The minimum atomic E-state index is -4.48. The lowest BCUT2D eigenvalue weighted by Gasteiger charge is -2.32. The monoisotopic (exact) mass is 582 g/mol. The molecule has 14 heteroatoms. The molecule has 0 radical (unpaired) electrons. The quantitative estimate of drug-likeness (QED) is 0.311. The molecular weight excluding hydrogens is 557 g/mol. The summed E-state index contributed by atoms with van der Waals surface area (Å²) >= 11 is 1.34. The molecule has 41 heavy (non-hydrogen) atoms. The molecule has 1 saturated heterocycles. The standard InChI is InChI=1S/C27H25F3N8O2S/c28-27(29,30)19-7-3-5-17(13-19)14-23(39)32-21-9-10-22(35-34-21)38-12-4-6-18(16-38)25-36-37-26(41-25)33-24(40)15-20-8-1-2-11-31-20/h1-3,5,7-11,13,18H,4,6,12,14-16H2,(H,32,34,39)(H,33,37,40). The molecule has 0 spiro atoms. The maximum absolute atomic E-state index is 12.9. The van der Waals surface area contributed by atoms with Gasteiger partial charge in [0.2, 0.25) is 16.9 Å². The summed E-state index contributed by atoms with van der Waals surface area (Å²) in [6, 6.07) is 13.4. The van der Waals surface area contributed by atoms with Crippen LogP contribution in [0.3, 0.4) is 0 Å². The first kappa shape index (κ1) is 28.1. The van der Waals surface area contributed by atoms with Crippen molar-refractivity contribution in [2.45, 2.75) is 37.8 Å². The van der Waals surface area contributed by atoms with Crippen molar-refractivity contribution >= 4 is 39.9 Å². The Morgan fingerprint density at radius 1 is 0.951 bits per heavy atom. The Bertz CT molecular complexity index is 1500. The van der Waals surface area contributed by atoms with Crippen molar-refractivity contribution in [2.24, 2.45) is 0 Å². The van der Waals surface area contributed by atoms with Crippen LogP contribution in [0.2, 0.25) is 0 Å². The summed E-state index contributed by atoms with van der Waals surface area (Å²) < 4.78 is 38.8. The van der Waals surface area contributed by atoms with Crippen LogP contribution in [-0.4, -0.2) is 50.3 Å². The third-order valence-electron chi connectivity index (χ3n) is 6.39. The first-order chi connectivity index (χ1) is 19.7. The van der Waals surface area contributed by atoms with Crippen LogP contribution in [0.5, 0.6) is 0 Å². The molecule has 4 heterocycles. The Morgan fingerprint density at radius 2 is 1.80 bits per heavy atom. The zero-order valence-electron chi connectivity index (χ0n) is 21.6. The number of hydrogen-bond donors (Lipinski definition) is 2. The van der Waals surface area contributed by atoms with Crippen LogP contribution in [0.15, 0.2) is 60.8 Å². The van der Waals surface area contributed by atoms with E-state index in [0.717, 1.165) is 36.5 Å². The molecule has 1 fully saturated rings. The zero-order chi connectivity index (χ0) is 28.8. The average Bonchev–Trinajstić information content (AvgIpc) is 3.42. The van der Waals surface area contributed by atoms with Gasteiger partial charge in [0.25, 0.3) is 0 Å². The second-order valence-electron chi connectivity index (χ2n) is 9.48. The highest BCUT2D eigenvalue weighted by Crippen LogP contribution is 2.32. The van der Waals surface area contributed by atoms with E-state index in [1.165, 1.54) is 23.5 Å². The Kier molecular flexibility index (Phi) is 8.47. The molecule has 212 valence electrons. The number of amides is 2. The highest BCUT2D eigenvalue weighted by Gasteiger charge is 2.30. The molecule has 3 aromatic heterocycles. The number of alkyl halides is 3. The summed E-state index contributed by atoms with van der Waals surface area (Å²) in [6.45, 7) is 1.39. The molecule has 4 aromatic rings. The molecule has 2 amide bonds. The van der Waals surface area contributed by atoms with Gasteiger partial charge in [-0.15, -0.1) is 20.4 Å². The number of pyridine rings is 1. The Labute approximate surface area is 237 Å². The molecule has 0 saturated carbocycles. The van der Waals surface area contributed by atoms with Crippen molar-refractivity contribution < 1.29 is 22.8 Å². The van der Waals surface area contributed by atoms with Gasteiger partial charge in [0.15, 0.2) is 11.6 Å². The zero-order valence-corrected chi connectivity index (χ0v) is 22.5. The fourth-order valence-corrected chi connectivity index (χ4v) is 5.34. The number of nitrogens with zero attached hydrogens (tertiary/aromatic N) is 6. The minimum Gasteiger partial charge on any atom is -0.354 e. The summed E-state index contributed by atoms with van der Waals surface area (Å²) in [5.41, 5.74) is 0.107. The molecule has 2 N–H and O–H groups in total. The summed E-state index contributed by atoms with van der Waals surface area (Å²) in [5.74, 6) is 0.211. The van der Waals surface area contributed by atoms with Gasteiger partial charge in [0.1, 0.15) is 5.01 Å². The van der Waals surface area contributed by atoms with Crippen LogP contribution in [0.4, 0.5) is 29.9 Å². The van der Waals surface area contributed by atoms with Crippen molar-refractivity contribution in [3.63, 3.8) is 0 Å². The lowest BCUT2D eigenvalue weighted by molar-refractivity contribution is -0.137. The van der Waals surface area contributed by atoms with E-state index in [2.05, 4.69) is 40.9 Å². The normalized spacial score (nSPS) is 15.4. The van der Waals surface area contributed by atoms with Gasteiger partial charge >= 0.3 is 6.18 Å². The number of rotatable bonds is 8. The number of hydrogen-bond acceptors (Lipinski definition) is 9. The molecule has 0 aliphatic carbocycles. The van der Waals surface area contributed by atoms with E-state index < -0.39 is 17.6 Å². The van der Waals surface area contributed by atoms with Crippen molar-refractivity contribution in [3.8, 4) is 0 Å². The van der Waals surface area contributed by atoms with Crippen molar-refractivity contribution in [1.82, 2.24) is 25.4 Å². The van der Waals surface area contributed by atoms with E-state index in [1.54, 1.807) is 30.5 Å². The molecule has 1 aliphatic rings. The second kappa shape index (κ2) is 12.4. The number of nitrogens with one attached hydrogen (secondary N) is 2. The molecule has 1 aromatic carbocycles. The molecule has 0 bridgehead atoms. The minimum absolute atomic E-state index is 0.0938. The van der Waals surface area contributed by atoms with Crippen LogP contribution in [0.1, 0.15) is 40.6 Å². The highest BCUT2D eigenvalue weighted by atomic mass is 32.1. The van der Waals surface area contributed by atoms with Crippen molar-refractivity contribution in [1.29, 1.82) is 0 Å². The van der Waals surface area contributed by atoms with E-state index in [9.17, 15) is 22.8 Å². The molecule has 1 atom stereocenters. The predicted octanol–water partition coefficient (Wildman–Crippen LogP) is 4.49. The molecule has 1 aliphatic heterocycles. The number of piperidine rings is 1. The van der Waals surface area contributed by atoms with Crippen LogP contribution in [0.25, 0.3) is 0 Å². The fourth-order valence-electron chi connectivity index (χ4n) is 4.46. The summed E-state index contributed by atoms with van der Waals surface area (Å²) in [4.78, 5) is 30.9. The first-order valence-electron chi connectivity index (χ1n) is 12.8. The van der Waals surface area contributed by atoms with Crippen molar-refractivity contribution in [3.05, 3.63) is 82.6 Å². The second-order valence-corrected chi connectivity index (χ2v) is 10.5. The van der Waals surface area contributed by atoms with Crippen molar-refractivity contribution in [2.75, 3.05) is 28.6 Å². The van der Waals surface area contributed by atoms with E-state index in [1.807, 2.05) is 6.07 Å². The maximum Gasteiger partial charge on any atom is 0.416 e. The molecular formula is C27H25F3N8O2S. The highest BCUT2D eigenvalue weighted by molar-refractivity contribution is 7.15. The number of carbonyl (C=O) groups is 2. The molecule has 1 unspecified atom stereocenters. The lowest BCUT2D eigenvalue weighted by atomic mass is 9.99. The Balaban J connectivity index is 1.14. The van der Waals surface area contributed by atoms with Gasteiger partial charge in [-0.1, -0.05) is 35.6 Å². The van der Waals surface area contributed by atoms with Gasteiger partial charge in [-0.2, -0.15) is 13.2 Å². The number of aromatic nitrogens is 5. The lowest BCUT2D eigenvalue weighted by Crippen LogP contribution is -2.35. The van der Waals surface area contributed by atoms with E-state index in [-0.39, 0.29) is 36.0 Å². The third kappa shape index (κ3) is 7.60. The van der Waals surface area contributed by atoms with Crippen LogP contribution in [-0.2, 0) is 28.6 Å². The number of carbonyl (C=O) groups excluding carboxylic acids is 2. The number of halogens is 3. The smallest absolute Gasteiger partial charge is 0.354 e. The van der Waals surface area contributed by atoms with Crippen LogP contribution >= 0.6 is 11.3 Å². The average molecular weight is 583 g/mol. The van der Waals surface area contributed by atoms with E-state index >= 15 is 0 Å². The van der Waals surface area contributed by atoms with Crippen LogP contribution < -0.4 is 15.5 Å².